The molecule has 0 saturated carbocycles. The Kier molecular flexibility index (Phi) is 6.21. The molecular formula is C31H35N3O4. The quantitative estimate of drug-likeness (QED) is 0.523. The second kappa shape index (κ2) is 9.15. The maximum Gasteiger partial charge on any atom is 0.339 e. The number of ether oxygens (including phenoxy) is 2. The van der Waals surface area contributed by atoms with Gasteiger partial charge in [-0.15, -0.1) is 0 Å². The number of fused-ring (bicyclic) bond motifs is 4. The van der Waals surface area contributed by atoms with Gasteiger partial charge in [0.25, 0.3) is 5.91 Å². The number of nitrogens with one attached hydrogen (secondary N) is 2. The van der Waals surface area contributed by atoms with Crippen molar-refractivity contribution in [2.45, 2.75) is 53.1 Å². The molecule has 0 saturated heterocycles. The summed E-state index contributed by atoms with van der Waals surface area (Å²) in [5, 5.41) is 6.20. The number of esters is 1. The van der Waals surface area contributed by atoms with Crippen molar-refractivity contribution >= 4 is 23.3 Å². The number of anilines is 1. The monoisotopic (exact) mass is 513 g/mol. The molecule has 1 amide bonds. The normalized spacial score (nSPS) is 22.6. The van der Waals surface area contributed by atoms with E-state index in [1.165, 1.54) is 0 Å². The van der Waals surface area contributed by atoms with Crippen LogP contribution in [0.25, 0.3) is 0 Å². The van der Waals surface area contributed by atoms with E-state index in [9.17, 15) is 9.59 Å². The largest absolute Gasteiger partial charge is 0.457 e. The van der Waals surface area contributed by atoms with E-state index < -0.39 is 11.6 Å². The van der Waals surface area contributed by atoms with Gasteiger partial charge < -0.3 is 20.1 Å². The maximum absolute atomic E-state index is 13.6. The van der Waals surface area contributed by atoms with E-state index >= 15 is 0 Å². The molecule has 38 heavy (non-hydrogen) atoms. The van der Waals surface area contributed by atoms with Crippen LogP contribution in [0.2, 0.25) is 0 Å². The average Bonchev–Trinajstić information content (AvgIpc) is 2.86. The molecule has 2 aromatic rings. The van der Waals surface area contributed by atoms with Crippen LogP contribution in [0.1, 0.15) is 77.9 Å². The van der Waals surface area contributed by atoms with Crippen LogP contribution in [0, 0.1) is 12.3 Å². The van der Waals surface area contributed by atoms with Crippen LogP contribution >= 0.6 is 0 Å². The van der Waals surface area contributed by atoms with Crippen LogP contribution in [-0.4, -0.2) is 43.3 Å². The van der Waals surface area contributed by atoms with Gasteiger partial charge in [-0.25, -0.2) is 4.79 Å². The minimum atomic E-state index is -1.14. The van der Waals surface area contributed by atoms with Crippen molar-refractivity contribution < 1.29 is 19.1 Å². The van der Waals surface area contributed by atoms with Crippen molar-refractivity contribution in [3.63, 3.8) is 0 Å². The van der Waals surface area contributed by atoms with E-state index in [1.807, 2.05) is 52.1 Å². The summed E-state index contributed by atoms with van der Waals surface area (Å²) in [5.74, 6) is 0.186. The van der Waals surface area contributed by atoms with Crippen LogP contribution in [0.5, 0.6) is 5.75 Å². The molecule has 5 rings (SSSR count). The van der Waals surface area contributed by atoms with Gasteiger partial charge in [-0.3, -0.25) is 9.79 Å². The fourth-order valence-electron chi connectivity index (χ4n) is 5.46. The smallest absolute Gasteiger partial charge is 0.339 e. The molecule has 1 aliphatic carbocycles. The first-order valence-corrected chi connectivity index (χ1v) is 13.1. The number of aryl methyl sites for hydroxylation is 1. The summed E-state index contributed by atoms with van der Waals surface area (Å²) in [6.07, 6.45) is 3.86. The highest BCUT2D eigenvalue weighted by Crippen LogP contribution is 2.56. The van der Waals surface area contributed by atoms with E-state index in [1.54, 1.807) is 12.1 Å². The van der Waals surface area contributed by atoms with Gasteiger partial charge in [0.15, 0.2) is 11.4 Å². The first-order valence-electron chi connectivity index (χ1n) is 13.1. The summed E-state index contributed by atoms with van der Waals surface area (Å²) >= 11 is 0. The number of hydrogen-bond acceptors (Lipinski definition) is 6. The molecule has 198 valence electrons. The van der Waals surface area contributed by atoms with Gasteiger partial charge in [0.2, 0.25) is 0 Å². The Morgan fingerprint density at radius 1 is 1.13 bits per heavy atom. The second-order valence-electron chi connectivity index (χ2n) is 11.4. The van der Waals surface area contributed by atoms with Gasteiger partial charge in [0.1, 0.15) is 5.75 Å². The van der Waals surface area contributed by atoms with Crippen LogP contribution in [0.4, 0.5) is 5.69 Å². The van der Waals surface area contributed by atoms with E-state index in [4.69, 9.17) is 9.47 Å². The molecule has 0 bridgehead atoms. The maximum atomic E-state index is 13.6. The van der Waals surface area contributed by atoms with Crippen molar-refractivity contribution in [1.29, 1.82) is 0 Å². The molecule has 7 heteroatoms. The van der Waals surface area contributed by atoms with Crippen molar-refractivity contribution in [2.24, 2.45) is 10.4 Å². The highest BCUT2D eigenvalue weighted by Gasteiger charge is 2.56. The molecule has 3 aliphatic rings. The van der Waals surface area contributed by atoms with E-state index in [0.717, 1.165) is 33.7 Å². The molecule has 2 aromatic carbocycles. The lowest BCUT2D eigenvalue weighted by atomic mass is 9.68. The minimum absolute atomic E-state index is 0.0567. The molecule has 0 aromatic heterocycles. The molecule has 7 nitrogen and oxygen atoms in total. The number of carbonyl (C=O) groups excluding carboxylic acids is 2. The molecular weight excluding hydrogens is 478 g/mol. The van der Waals surface area contributed by atoms with Crippen molar-refractivity contribution in [2.75, 3.05) is 25.5 Å². The molecule has 1 spiro atoms. The lowest BCUT2D eigenvalue weighted by Gasteiger charge is -2.48. The molecule has 2 heterocycles. The Morgan fingerprint density at radius 2 is 1.89 bits per heavy atom. The molecule has 2 unspecified atom stereocenters. The number of benzene rings is 2. The zero-order valence-electron chi connectivity index (χ0n) is 23.1. The Bertz CT molecular complexity index is 1440. The molecule has 2 aliphatic heterocycles. The number of rotatable bonds is 4. The van der Waals surface area contributed by atoms with Crippen LogP contribution in [0.15, 0.2) is 58.8 Å². The lowest BCUT2D eigenvalue weighted by molar-refractivity contribution is -0.0131. The zero-order chi connectivity index (χ0) is 27.4. The van der Waals surface area contributed by atoms with Crippen LogP contribution < -0.4 is 15.4 Å². The third-order valence-electron chi connectivity index (χ3n) is 7.29. The summed E-state index contributed by atoms with van der Waals surface area (Å²) in [7, 11) is 1.88. The predicted molar refractivity (Wildman–Crippen MR) is 149 cm³/mol. The Morgan fingerprint density at radius 3 is 2.58 bits per heavy atom. The average molecular weight is 514 g/mol. The minimum Gasteiger partial charge on any atom is -0.457 e. The Labute approximate surface area is 224 Å². The highest BCUT2D eigenvalue weighted by atomic mass is 16.6. The molecule has 2 atom stereocenters. The topological polar surface area (TPSA) is 89.0 Å². The summed E-state index contributed by atoms with van der Waals surface area (Å²) in [4.78, 5) is 31.1. The van der Waals surface area contributed by atoms with Gasteiger partial charge in [-0.1, -0.05) is 26.8 Å². The van der Waals surface area contributed by atoms with Crippen LogP contribution in [-0.2, 0) is 4.74 Å². The third kappa shape index (κ3) is 4.20. The number of allylic oxidation sites excluding steroid dienone is 2. The molecule has 2 N–H and O–H groups in total. The molecule has 0 fully saturated rings. The first kappa shape index (κ1) is 25.8. The van der Waals surface area contributed by atoms with Gasteiger partial charge in [-0.2, -0.15) is 0 Å². The van der Waals surface area contributed by atoms with E-state index in [0.29, 0.717) is 35.7 Å². The lowest BCUT2D eigenvalue weighted by Crippen LogP contribution is -2.51. The van der Waals surface area contributed by atoms with Gasteiger partial charge in [-0.05, 0) is 67.2 Å². The summed E-state index contributed by atoms with van der Waals surface area (Å²) < 4.78 is 12.8. The summed E-state index contributed by atoms with van der Waals surface area (Å²) in [6, 6.07) is 9.41. The number of nitrogens with zero attached hydrogens (tertiary/aromatic N) is 1. The van der Waals surface area contributed by atoms with Crippen molar-refractivity contribution in [3.8, 4) is 5.75 Å². The number of carbonyl (C=O) groups is 2. The summed E-state index contributed by atoms with van der Waals surface area (Å²) in [6.45, 7) is 13.3. The van der Waals surface area contributed by atoms with Crippen LogP contribution in [0.3, 0.4) is 0 Å². The standard InChI is InChI=1S/C31H35N3O4/c1-8-33-24-14-26-31(15-18(24)3)27(22-11-17(2)23(32-7)13-25(22)37-26)20-10-9-19(12-21(20)29(36)38-31)28(35)34-16-30(4,5)6/h9-15,27,32H,8,16H2,1-7H3,(H,34,35)/b33-24-. The van der Waals surface area contributed by atoms with E-state index in [2.05, 4.69) is 42.5 Å². The first-order chi connectivity index (χ1) is 18.0. The fourth-order valence-corrected chi connectivity index (χ4v) is 5.46. The third-order valence-corrected chi connectivity index (χ3v) is 7.29. The van der Waals surface area contributed by atoms with Gasteiger partial charge in [0, 0.05) is 49.1 Å². The Hall–Kier alpha value is -3.87. The SMILES string of the molecule is CC/N=C1/C=C2Oc3cc(NC)c(C)cc3C3c4ccc(C(=O)NCC(C)(C)C)cc4C(=O)OC23C=C1C. The number of hydrogen-bond donors (Lipinski definition) is 2. The zero-order valence-corrected chi connectivity index (χ0v) is 23.1. The fraction of sp³-hybridized carbons (Fsp3) is 0.387. The van der Waals surface area contributed by atoms with E-state index in [-0.39, 0.29) is 17.2 Å². The van der Waals surface area contributed by atoms with Gasteiger partial charge >= 0.3 is 5.97 Å². The van der Waals surface area contributed by atoms with Crippen molar-refractivity contribution in [1.82, 2.24) is 5.32 Å². The second-order valence-corrected chi connectivity index (χ2v) is 11.4. The molecule has 0 radical (unpaired) electrons. The predicted octanol–water partition coefficient (Wildman–Crippen LogP) is 5.55. The summed E-state index contributed by atoms with van der Waals surface area (Å²) in [5.41, 5.74) is 5.10. The highest BCUT2D eigenvalue weighted by molar-refractivity contribution is 6.10. The Balaban J connectivity index is 1.69. The van der Waals surface area contributed by atoms with Crippen molar-refractivity contribution in [3.05, 3.63) is 81.6 Å². The van der Waals surface area contributed by atoms with Gasteiger partial charge in [0.05, 0.1) is 17.2 Å². The number of amides is 1. The number of aliphatic imine (C=N–C) groups is 1.